The van der Waals surface area contributed by atoms with Crippen LogP contribution in [0, 0.1) is 6.92 Å². The van der Waals surface area contributed by atoms with Gasteiger partial charge in [0.15, 0.2) is 0 Å². The highest BCUT2D eigenvalue weighted by Gasteiger charge is 2.20. The molecule has 0 aliphatic heterocycles. The van der Waals surface area contributed by atoms with Gasteiger partial charge in [0.2, 0.25) is 0 Å². The summed E-state index contributed by atoms with van der Waals surface area (Å²) < 4.78 is 6.27. The highest BCUT2D eigenvalue weighted by molar-refractivity contribution is 6.07. The third-order valence-electron chi connectivity index (χ3n) is 11.3. The monoisotopic (exact) mass is 719 g/mol. The van der Waals surface area contributed by atoms with Crippen LogP contribution in [0.25, 0.3) is 72.5 Å². The molecule has 1 aromatic heterocycles. The van der Waals surface area contributed by atoms with E-state index in [-0.39, 0.29) is 0 Å². The van der Waals surface area contributed by atoms with Crippen molar-refractivity contribution in [2.45, 2.75) is 26.2 Å². The van der Waals surface area contributed by atoms with E-state index in [0.29, 0.717) is 5.92 Å². The van der Waals surface area contributed by atoms with E-state index in [1.165, 1.54) is 50.1 Å². The first-order valence-corrected chi connectivity index (χ1v) is 19.5. The molecule has 56 heavy (non-hydrogen) atoms. The molecule has 1 aliphatic carbocycles. The van der Waals surface area contributed by atoms with Gasteiger partial charge in [-0.1, -0.05) is 146 Å². The Morgan fingerprint density at radius 2 is 1.11 bits per heavy atom. The average Bonchev–Trinajstić information content (AvgIpc) is 3.62. The summed E-state index contributed by atoms with van der Waals surface area (Å²) in [4.78, 5) is 2.38. The molecule has 2 heteroatoms. The van der Waals surface area contributed by atoms with Crippen molar-refractivity contribution in [1.82, 2.24) is 0 Å². The Labute approximate surface area is 328 Å². The van der Waals surface area contributed by atoms with Crippen LogP contribution < -0.4 is 4.90 Å². The molecule has 0 unspecified atom stereocenters. The highest BCUT2D eigenvalue weighted by atomic mass is 16.3. The van der Waals surface area contributed by atoms with Crippen molar-refractivity contribution < 1.29 is 4.42 Å². The summed E-state index contributed by atoms with van der Waals surface area (Å²) in [6.07, 6.45) is 5.69. The zero-order valence-corrected chi connectivity index (χ0v) is 31.6. The number of nitrogens with zero attached hydrogens (tertiary/aromatic N) is 1. The summed E-state index contributed by atoms with van der Waals surface area (Å²) in [5.41, 5.74) is 18.7. The number of aryl methyl sites for hydroxylation is 1. The zero-order chi connectivity index (χ0) is 37.6. The Kier molecular flexibility index (Phi) is 8.45. The van der Waals surface area contributed by atoms with Gasteiger partial charge in [0.05, 0.1) is 5.69 Å². The Hall–Kier alpha value is -6.90. The lowest BCUT2D eigenvalue weighted by molar-refractivity contribution is 0.669. The molecule has 0 spiro atoms. The number of anilines is 3. The van der Waals surface area contributed by atoms with Crippen LogP contribution in [0.5, 0.6) is 0 Å². The molecule has 0 amide bonds. The lowest BCUT2D eigenvalue weighted by atomic mass is 9.86. The van der Waals surface area contributed by atoms with E-state index in [0.717, 1.165) is 56.5 Å². The quantitative estimate of drug-likeness (QED) is 0.163. The molecule has 0 N–H and O–H groups in total. The van der Waals surface area contributed by atoms with Crippen LogP contribution in [0.3, 0.4) is 0 Å². The maximum Gasteiger partial charge on any atom is 0.135 e. The molecule has 0 radical (unpaired) electrons. The largest absolute Gasteiger partial charge is 0.456 e. The van der Waals surface area contributed by atoms with E-state index in [9.17, 15) is 0 Å². The third kappa shape index (κ3) is 6.20. The zero-order valence-electron chi connectivity index (χ0n) is 31.6. The second-order valence-corrected chi connectivity index (χ2v) is 15.1. The van der Waals surface area contributed by atoms with E-state index in [1.807, 2.05) is 12.1 Å². The van der Waals surface area contributed by atoms with Crippen LogP contribution in [0.2, 0.25) is 0 Å². The van der Waals surface area contributed by atoms with Crippen LogP contribution in [-0.4, -0.2) is 0 Å². The predicted molar refractivity (Wildman–Crippen MR) is 237 cm³/mol. The first-order valence-electron chi connectivity index (χ1n) is 19.5. The minimum atomic E-state index is 0.559. The third-order valence-corrected chi connectivity index (χ3v) is 11.3. The minimum absolute atomic E-state index is 0.559. The second-order valence-electron chi connectivity index (χ2n) is 15.1. The maximum absolute atomic E-state index is 6.27. The Bertz CT molecular complexity index is 2900. The molecule has 1 heterocycles. The summed E-state index contributed by atoms with van der Waals surface area (Å²) in [5.74, 6) is 0.559. The van der Waals surface area contributed by atoms with Gasteiger partial charge in [-0.15, -0.1) is 0 Å². The fourth-order valence-electron chi connectivity index (χ4n) is 8.46. The number of hydrogen-bond donors (Lipinski definition) is 0. The van der Waals surface area contributed by atoms with Crippen LogP contribution in [0.15, 0.2) is 192 Å². The molecule has 8 aromatic carbocycles. The molecule has 10 rings (SSSR count). The molecule has 0 bridgehead atoms. The van der Waals surface area contributed by atoms with E-state index >= 15 is 0 Å². The molecule has 0 saturated carbocycles. The van der Waals surface area contributed by atoms with Crippen LogP contribution in [0.4, 0.5) is 17.1 Å². The first-order chi connectivity index (χ1) is 27.6. The van der Waals surface area contributed by atoms with Gasteiger partial charge < -0.3 is 9.32 Å². The van der Waals surface area contributed by atoms with Gasteiger partial charge in [0.1, 0.15) is 11.2 Å². The van der Waals surface area contributed by atoms with Crippen molar-refractivity contribution >= 4 is 45.1 Å². The van der Waals surface area contributed by atoms with Crippen LogP contribution in [0.1, 0.15) is 36.0 Å². The minimum Gasteiger partial charge on any atom is -0.456 e. The van der Waals surface area contributed by atoms with Gasteiger partial charge in [0.25, 0.3) is 0 Å². The Balaban J connectivity index is 1.07. The highest BCUT2D eigenvalue weighted by Crippen LogP contribution is 2.44. The Morgan fingerprint density at radius 1 is 0.482 bits per heavy atom. The lowest BCUT2D eigenvalue weighted by Crippen LogP contribution is -2.11. The topological polar surface area (TPSA) is 16.4 Å². The Morgan fingerprint density at radius 3 is 1.95 bits per heavy atom. The molecular weight excluding hydrogens is 679 g/mol. The average molecular weight is 720 g/mol. The van der Waals surface area contributed by atoms with Crippen molar-refractivity contribution in [3.8, 4) is 44.5 Å². The van der Waals surface area contributed by atoms with Crippen molar-refractivity contribution in [3.05, 3.63) is 205 Å². The van der Waals surface area contributed by atoms with Gasteiger partial charge in [-0.3, -0.25) is 0 Å². The van der Waals surface area contributed by atoms with Crippen molar-refractivity contribution in [1.29, 1.82) is 0 Å². The lowest BCUT2D eigenvalue weighted by Gasteiger charge is -2.28. The van der Waals surface area contributed by atoms with E-state index in [4.69, 9.17) is 4.42 Å². The van der Waals surface area contributed by atoms with Gasteiger partial charge in [-0.2, -0.15) is 0 Å². The number of benzene rings is 8. The number of rotatable bonds is 7. The SMILES string of the molecule is Cc1cc(-c2ccc(N(c3ccc4oc5ccccc5c4c3)c3ccccc3-c3ccc(-c4ccccc4)cc3)cc2)cc(-c2ccc3c(c2)C=CC[C@H]3C)c1. The number of fused-ring (bicyclic) bond motifs is 4. The molecule has 1 atom stereocenters. The normalized spacial score (nSPS) is 13.6. The van der Waals surface area contributed by atoms with E-state index < -0.39 is 0 Å². The van der Waals surface area contributed by atoms with Crippen LogP contribution in [-0.2, 0) is 0 Å². The molecule has 1 aliphatic rings. The summed E-state index contributed by atoms with van der Waals surface area (Å²) in [7, 11) is 0. The van der Waals surface area contributed by atoms with E-state index in [2.05, 4.69) is 201 Å². The maximum atomic E-state index is 6.27. The van der Waals surface area contributed by atoms with Crippen molar-refractivity contribution in [2.24, 2.45) is 0 Å². The fourth-order valence-corrected chi connectivity index (χ4v) is 8.46. The molecule has 2 nitrogen and oxygen atoms in total. The number of hydrogen-bond acceptors (Lipinski definition) is 2. The van der Waals surface area contributed by atoms with E-state index in [1.54, 1.807) is 0 Å². The predicted octanol–water partition coefficient (Wildman–Crippen LogP) is 15.6. The fraction of sp³-hybridized carbons (Fsp3) is 0.0741. The molecule has 0 saturated heterocycles. The number of furan rings is 1. The summed E-state index contributed by atoms with van der Waals surface area (Å²) in [5, 5.41) is 2.22. The smallest absolute Gasteiger partial charge is 0.135 e. The van der Waals surface area contributed by atoms with Gasteiger partial charge in [-0.05, 0) is 129 Å². The standard InChI is InChI=1S/C54H41NO/c1-36-31-44(34-45(32-36)42-25-29-48-37(2)11-10-14-43(48)33-42)40-23-26-46(27-24-40)55(47-28-30-54-51(35-47)50-16-7-9-18-53(50)56-54)52-17-8-6-15-49(52)41-21-19-39(20-22-41)38-12-4-3-5-13-38/h3-10,12-35,37H,11H2,1-2H3/t37-/m1/s1. The molecule has 9 aromatic rings. The number of allylic oxidation sites excluding steroid dienone is 1. The van der Waals surface area contributed by atoms with Gasteiger partial charge in [0, 0.05) is 27.7 Å². The second kappa shape index (κ2) is 14.1. The van der Waals surface area contributed by atoms with Crippen molar-refractivity contribution in [3.63, 3.8) is 0 Å². The summed E-state index contributed by atoms with van der Waals surface area (Å²) in [6.45, 7) is 4.51. The number of para-hydroxylation sites is 2. The van der Waals surface area contributed by atoms with Gasteiger partial charge in [-0.25, -0.2) is 0 Å². The van der Waals surface area contributed by atoms with Crippen molar-refractivity contribution in [2.75, 3.05) is 4.90 Å². The molecule has 0 fully saturated rings. The summed E-state index contributed by atoms with van der Waals surface area (Å²) in [6, 6.07) is 66.0. The molecule has 268 valence electrons. The van der Waals surface area contributed by atoms with Gasteiger partial charge >= 0.3 is 0 Å². The summed E-state index contributed by atoms with van der Waals surface area (Å²) >= 11 is 0. The first kappa shape index (κ1) is 33.7. The molecular formula is C54H41NO. The van der Waals surface area contributed by atoms with Crippen LogP contribution >= 0.6 is 0 Å².